The molecule has 1 heterocycles. The fourth-order valence-corrected chi connectivity index (χ4v) is 2.96. The van der Waals surface area contributed by atoms with E-state index in [1.807, 2.05) is 25.1 Å². The van der Waals surface area contributed by atoms with Crippen molar-refractivity contribution < 1.29 is 5.11 Å². The summed E-state index contributed by atoms with van der Waals surface area (Å²) in [5.74, 6) is 0. The van der Waals surface area contributed by atoms with Gasteiger partial charge in [0.1, 0.15) is 0 Å². The lowest BCUT2D eigenvalue weighted by molar-refractivity contribution is 0.0195. The van der Waals surface area contributed by atoms with Crippen LogP contribution in [0.3, 0.4) is 0 Å². The number of aliphatic hydroxyl groups is 1. The Kier molecular flexibility index (Phi) is 5.04. The Morgan fingerprint density at radius 3 is 2.89 bits per heavy atom. The molecule has 1 fully saturated rings. The first-order chi connectivity index (χ1) is 8.72. The summed E-state index contributed by atoms with van der Waals surface area (Å²) in [6.45, 7) is 3.96. The Balaban J connectivity index is 2.08. The number of hydrogen-bond donors (Lipinski definition) is 1. The Morgan fingerprint density at radius 1 is 1.39 bits per heavy atom. The molecule has 1 aromatic rings. The van der Waals surface area contributed by atoms with Crippen molar-refractivity contribution in [2.24, 2.45) is 0 Å². The van der Waals surface area contributed by atoms with E-state index in [4.69, 9.17) is 11.6 Å². The highest BCUT2D eigenvalue weighted by Gasteiger charge is 2.27. The molecule has 1 aliphatic rings. The first kappa shape index (κ1) is 13.9. The molecule has 3 heteroatoms. The van der Waals surface area contributed by atoms with Crippen molar-refractivity contribution >= 4 is 11.6 Å². The number of aliphatic hydroxyl groups excluding tert-OH is 1. The lowest BCUT2D eigenvalue weighted by Crippen LogP contribution is -2.46. The van der Waals surface area contributed by atoms with Gasteiger partial charge in [0.05, 0.1) is 6.10 Å². The average molecular weight is 268 g/mol. The summed E-state index contributed by atoms with van der Waals surface area (Å²) < 4.78 is 0. The van der Waals surface area contributed by atoms with Gasteiger partial charge in [-0.05, 0) is 37.4 Å². The fraction of sp³-hybridized carbons (Fsp3) is 0.600. The third-order valence-corrected chi connectivity index (χ3v) is 4.23. The van der Waals surface area contributed by atoms with Gasteiger partial charge in [0, 0.05) is 17.6 Å². The molecule has 2 atom stereocenters. The summed E-state index contributed by atoms with van der Waals surface area (Å²) in [6, 6.07) is 8.29. The molecule has 18 heavy (non-hydrogen) atoms. The van der Waals surface area contributed by atoms with Gasteiger partial charge in [-0.1, -0.05) is 43.1 Å². The summed E-state index contributed by atoms with van der Waals surface area (Å²) in [5, 5.41) is 11.0. The number of nitrogens with zero attached hydrogens (tertiary/aromatic N) is 1. The van der Waals surface area contributed by atoms with Crippen LogP contribution in [0.2, 0.25) is 5.02 Å². The standard InChI is InChI=1S/C15H22ClNO/c1-2-15(18)14-9-5-6-10-17(14)11-12-7-3-4-8-13(12)16/h3-4,7-8,14-15,18H,2,5-6,9-11H2,1H3. The molecule has 100 valence electrons. The molecule has 2 nitrogen and oxygen atoms in total. The topological polar surface area (TPSA) is 23.5 Å². The molecule has 1 saturated heterocycles. The van der Waals surface area contributed by atoms with Crippen LogP contribution < -0.4 is 0 Å². The van der Waals surface area contributed by atoms with Gasteiger partial charge in [-0.15, -0.1) is 0 Å². The third kappa shape index (κ3) is 3.25. The smallest absolute Gasteiger partial charge is 0.0692 e. The summed E-state index contributed by atoms with van der Waals surface area (Å²) in [4.78, 5) is 2.39. The van der Waals surface area contributed by atoms with E-state index in [1.54, 1.807) is 0 Å². The van der Waals surface area contributed by atoms with Crippen molar-refractivity contribution in [2.75, 3.05) is 6.54 Å². The predicted molar refractivity (Wildman–Crippen MR) is 75.8 cm³/mol. The normalized spacial score (nSPS) is 22.9. The second kappa shape index (κ2) is 6.55. The van der Waals surface area contributed by atoms with Crippen LogP contribution in [0.4, 0.5) is 0 Å². The van der Waals surface area contributed by atoms with E-state index in [9.17, 15) is 5.11 Å². The van der Waals surface area contributed by atoms with Crippen LogP contribution in [0.15, 0.2) is 24.3 Å². The predicted octanol–water partition coefficient (Wildman–Crippen LogP) is 3.47. The first-order valence-electron chi connectivity index (χ1n) is 6.88. The molecule has 0 saturated carbocycles. The second-order valence-corrected chi connectivity index (χ2v) is 5.51. The third-order valence-electron chi connectivity index (χ3n) is 3.86. The van der Waals surface area contributed by atoms with Crippen molar-refractivity contribution in [3.8, 4) is 0 Å². The minimum absolute atomic E-state index is 0.215. The number of hydrogen-bond acceptors (Lipinski definition) is 2. The summed E-state index contributed by atoms with van der Waals surface area (Å²) >= 11 is 6.22. The van der Waals surface area contributed by atoms with E-state index >= 15 is 0 Å². The zero-order chi connectivity index (χ0) is 13.0. The van der Waals surface area contributed by atoms with E-state index in [-0.39, 0.29) is 6.10 Å². The van der Waals surface area contributed by atoms with Gasteiger partial charge in [-0.2, -0.15) is 0 Å². The molecule has 2 unspecified atom stereocenters. The monoisotopic (exact) mass is 267 g/mol. The highest BCUT2D eigenvalue weighted by atomic mass is 35.5. The lowest BCUT2D eigenvalue weighted by Gasteiger charge is -2.38. The number of benzene rings is 1. The zero-order valence-corrected chi connectivity index (χ0v) is 11.7. The van der Waals surface area contributed by atoms with Gasteiger partial charge in [0.2, 0.25) is 0 Å². The molecule has 0 radical (unpaired) electrons. The highest BCUT2D eigenvalue weighted by molar-refractivity contribution is 6.31. The van der Waals surface area contributed by atoms with Crippen molar-refractivity contribution in [1.29, 1.82) is 0 Å². The van der Waals surface area contributed by atoms with Gasteiger partial charge < -0.3 is 5.11 Å². The molecule has 0 aromatic heterocycles. The van der Waals surface area contributed by atoms with Gasteiger partial charge in [-0.25, -0.2) is 0 Å². The quantitative estimate of drug-likeness (QED) is 0.903. The highest BCUT2D eigenvalue weighted by Crippen LogP contribution is 2.25. The largest absolute Gasteiger partial charge is 0.392 e. The molecule has 1 aromatic carbocycles. The van der Waals surface area contributed by atoms with Crippen molar-refractivity contribution in [2.45, 2.75) is 51.3 Å². The van der Waals surface area contributed by atoms with Crippen LogP contribution in [-0.2, 0) is 6.54 Å². The molecule has 0 amide bonds. The van der Waals surface area contributed by atoms with Crippen LogP contribution in [0, 0.1) is 0 Å². The molecular weight excluding hydrogens is 246 g/mol. The average Bonchev–Trinajstić information content (AvgIpc) is 2.41. The van der Waals surface area contributed by atoms with E-state index in [0.29, 0.717) is 6.04 Å². The summed E-state index contributed by atoms with van der Waals surface area (Å²) in [7, 11) is 0. The Labute approximate surface area is 115 Å². The van der Waals surface area contributed by atoms with Gasteiger partial charge >= 0.3 is 0 Å². The molecule has 0 bridgehead atoms. The van der Waals surface area contributed by atoms with Gasteiger partial charge in [0.25, 0.3) is 0 Å². The summed E-state index contributed by atoms with van der Waals surface area (Å²) in [5.41, 5.74) is 1.16. The Morgan fingerprint density at radius 2 is 2.17 bits per heavy atom. The summed E-state index contributed by atoms with van der Waals surface area (Å²) in [6.07, 6.45) is 4.15. The molecule has 0 spiro atoms. The van der Waals surface area contributed by atoms with E-state index in [0.717, 1.165) is 36.5 Å². The maximum Gasteiger partial charge on any atom is 0.0692 e. The van der Waals surface area contributed by atoms with E-state index < -0.39 is 0 Å². The minimum Gasteiger partial charge on any atom is -0.392 e. The Bertz CT molecular complexity index is 383. The molecule has 1 aliphatic heterocycles. The zero-order valence-electron chi connectivity index (χ0n) is 11.0. The SMILES string of the molecule is CCC(O)C1CCCCN1Cc1ccccc1Cl. The van der Waals surface area contributed by atoms with Crippen LogP contribution in [0.1, 0.15) is 38.2 Å². The number of piperidine rings is 1. The first-order valence-corrected chi connectivity index (χ1v) is 7.25. The van der Waals surface area contributed by atoms with Gasteiger partial charge in [-0.3, -0.25) is 4.90 Å². The molecular formula is C15H22ClNO. The molecule has 2 rings (SSSR count). The fourth-order valence-electron chi connectivity index (χ4n) is 2.77. The van der Waals surface area contributed by atoms with Gasteiger partial charge in [0.15, 0.2) is 0 Å². The van der Waals surface area contributed by atoms with Crippen LogP contribution in [-0.4, -0.2) is 28.7 Å². The second-order valence-electron chi connectivity index (χ2n) is 5.10. The maximum absolute atomic E-state index is 10.1. The number of halogens is 1. The number of rotatable bonds is 4. The van der Waals surface area contributed by atoms with Crippen LogP contribution in [0.25, 0.3) is 0 Å². The molecule has 0 aliphatic carbocycles. The van der Waals surface area contributed by atoms with Crippen molar-refractivity contribution in [3.63, 3.8) is 0 Å². The minimum atomic E-state index is -0.215. The van der Waals surface area contributed by atoms with E-state index in [2.05, 4.69) is 11.0 Å². The molecule has 1 N–H and O–H groups in total. The van der Waals surface area contributed by atoms with E-state index in [1.165, 1.54) is 12.8 Å². The van der Waals surface area contributed by atoms with Crippen LogP contribution in [0.5, 0.6) is 0 Å². The lowest BCUT2D eigenvalue weighted by atomic mass is 9.95. The maximum atomic E-state index is 10.1. The van der Waals surface area contributed by atoms with Crippen molar-refractivity contribution in [3.05, 3.63) is 34.9 Å². The van der Waals surface area contributed by atoms with Crippen LogP contribution >= 0.6 is 11.6 Å². The Hall–Kier alpha value is -0.570. The number of likely N-dealkylation sites (tertiary alicyclic amines) is 1. The van der Waals surface area contributed by atoms with Crippen molar-refractivity contribution in [1.82, 2.24) is 4.90 Å².